The molecule has 3 atom stereocenters. The number of aliphatic carboxylic acids is 2. The molecule has 2 N–H and O–H groups in total. The fraction of sp³-hybridized carbons (Fsp3) is 0.778. The molecule has 0 aromatic carbocycles. The van der Waals surface area contributed by atoms with Crippen LogP contribution in [0.25, 0.3) is 0 Å². The number of allylic oxidation sites excluding steroid dienone is 1. The number of carboxylic acid groups (broad SMARTS) is 2. The molecule has 0 saturated heterocycles. The van der Waals surface area contributed by atoms with Crippen molar-refractivity contribution in [3.63, 3.8) is 0 Å². The second-order valence-corrected chi connectivity index (χ2v) is 6.27. The summed E-state index contributed by atoms with van der Waals surface area (Å²) in [7, 11) is 0. The Bertz CT molecular complexity index is 375. The van der Waals surface area contributed by atoms with Crippen molar-refractivity contribution in [2.45, 2.75) is 70.9 Å². The van der Waals surface area contributed by atoms with E-state index in [0.717, 1.165) is 32.1 Å². The molecule has 0 radical (unpaired) electrons. The van der Waals surface area contributed by atoms with Gasteiger partial charge in [-0.25, -0.2) is 4.79 Å². The number of hydrogen-bond acceptors (Lipinski definition) is 4. The number of quaternary nitrogens is 1. The van der Waals surface area contributed by atoms with Gasteiger partial charge in [0.05, 0.1) is 19.1 Å². The molecule has 24 heavy (non-hydrogen) atoms. The largest absolute Gasteiger partial charge is 0.544 e. The van der Waals surface area contributed by atoms with Gasteiger partial charge in [0.1, 0.15) is 12.6 Å². The van der Waals surface area contributed by atoms with Crippen LogP contribution in [0.4, 0.5) is 0 Å². The molecule has 0 bridgehead atoms. The number of carbonyl (C=O) groups is 2. The highest BCUT2D eigenvalue weighted by atomic mass is 16.4. The summed E-state index contributed by atoms with van der Waals surface area (Å²) in [5, 5.41) is 30.8. The van der Waals surface area contributed by atoms with Gasteiger partial charge in [-0.3, -0.25) is 0 Å². The van der Waals surface area contributed by atoms with Crippen LogP contribution in [-0.2, 0) is 9.59 Å². The van der Waals surface area contributed by atoms with E-state index in [-0.39, 0.29) is 24.1 Å². The maximum Gasteiger partial charge on any atom is 0.362 e. The number of nitrogens with zero attached hydrogens (tertiary/aromatic N) is 1. The van der Waals surface area contributed by atoms with E-state index in [4.69, 9.17) is 0 Å². The van der Waals surface area contributed by atoms with E-state index < -0.39 is 24.0 Å². The number of rotatable bonds is 15. The molecule has 0 aliphatic heterocycles. The Hall–Kier alpha value is -1.40. The van der Waals surface area contributed by atoms with Gasteiger partial charge in [0.2, 0.25) is 0 Å². The Morgan fingerprint density at radius 2 is 1.67 bits per heavy atom. The van der Waals surface area contributed by atoms with Crippen LogP contribution >= 0.6 is 0 Å². The molecule has 0 aromatic rings. The van der Waals surface area contributed by atoms with Gasteiger partial charge in [-0.15, -0.1) is 6.58 Å². The van der Waals surface area contributed by atoms with Crippen molar-refractivity contribution >= 4 is 11.9 Å². The van der Waals surface area contributed by atoms with E-state index in [1.165, 1.54) is 0 Å². The van der Waals surface area contributed by atoms with Crippen molar-refractivity contribution in [2.75, 3.05) is 19.7 Å². The zero-order valence-corrected chi connectivity index (χ0v) is 15.1. The van der Waals surface area contributed by atoms with Gasteiger partial charge in [0.15, 0.2) is 6.04 Å². The lowest BCUT2D eigenvalue weighted by atomic mass is 9.99. The molecular weight excluding hydrogens is 310 g/mol. The quantitative estimate of drug-likeness (QED) is 0.265. The van der Waals surface area contributed by atoms with E-state index >= 15 is 0 Å². The lowest BCUT2D eigenvalue weighted by Gasteiger charge is -2.48. The number of carbonyl (C=O) groups excluding carboxylic acids is 1. The van der Waals surface area contributed by atoms with Crippen LogP contribution in [-0.4, -0.2) is 58.4 Å². The van der Waals surface area contributed by atoms with Crippen molar-refractivity contribution in [1.29, 1.82) is 0 Å². The third kappa shape index (κ3) is 6.24. The molecule has 140 valence electrons. The first-order valence-electron chi connectivity index (χ1n) is 8.93. The van der Waals surface area contributed by atoms with Gasteiger partial charge in [-0.05, 0) is 25.7 Å². The predicted molar refractivity (Wildman–Crippen MR) is 91.2 cm³/mol. The molecule has 0 aliphatic carbocycles. The average Bonchev–Trinajstić information content (AvgIpc) is 2.51. The molecule has 0 fully saturated rings. The summed E-state index contributed by atoms with van der Waals surface area (Å²) < 4.78 is -0.136. The van der Waals surface area contributed by atoms with Crippen LogP contribution in [0.1, 0.15) is 58.8 Å². The fourth-order valence-corrected chi connectivity index (χ4v) is 3.69. The summed E-state index contributed by atoms with van der Waals surface area (Å²) in [5.41, 5.74) is 0. The monoisotopic (exact) mass is 343 g/mol. The Morgan fingerprint density at radius 3 is 2.08 bits per heavy atom. The molecule has 0 saturated carbocycles. The fourth-order valence-electron chi connectivity index (χ4n) is 3.69. The van der Waals surface area contributed by atoms with Crippen molar-refractivity contribution < 1.29 is 29.4 Å². The van der Waals surface area contributed by atoms with E-state index in [9.17, 15) is 24.9 Å². The highest BCUT2D eigenvalue weighted by Crippen LogP contribution is 2.26. The van der Waals surface area contributed by atoms with Gasteiger partial charge >= 0.3 is 5.97 Å². The Morgan fingerprint density at radius 1 is 1.08 bits per heavy atom. The topological polar surface area (TPSA) is 97.7 Å². The molecule has 0 amide bonds. The predicted octanol–water partition coefficient (Wildman–Crippen LogP) is 1.32. The summed E-state index contributed by atoms with van der Waals surface area (Å²) in [5.74, 6) is -2.25. The number of aliphatic hydroxyl groups excluding tert-OH is 1. The molecule has 6 nitrogen and oxygen atoms in total. The Kier molecular flexibility index (Phi) is 11.3. The highest BCUT2D eigenvalue weighted by molar-refractivity contribution is 5.74. The summed E-state index contributed by atoms with van der Waals surface area (Å²) in [6, 6.07) is -1.78. The third-order valence-corrected chi connectivity index (χ3v) is 4.82. The van der Waals surface area contributed by atoms with Crippen LogP contribution in [0, 0.1) is 0 Å². The standard InChI is InChI=1S/C18H33NO5/c1-4-7-8-9-10-11-12-19(13-14-20,15(5-2)17(21)22)16(6-3)18(23)24/h4,15-16,20H,1,5-14H2,2-3H3,(H-,21,22,23,24). The minimum atomic E-state index is -1.24. The van der Waals surface area contributed by atoms with Crippen molar-refractivity contribution in [1.82, 2.24) is 0 Å². The van der Waals surface area contributed by atoms with Crippen LogP contribution in [0.2, 0.25) is 0 Å². The summed E-state index contributed by atoms with van der Waals surface area (Å²) in [4.78, 5) is 23.4. The first-order valence-corrected chi connectivity index (χ1v) is 8.93. The second kappa shape index (κ2) is 12.0. The molecule has 0 aromatic heterocycles. The zero-order valence-electron chi connectivity index (χ0n) is 15.1. The smallest absolute Gasteiger partial charge is 0.362 e. The van der Waals surface area contributed by atoms with Crippen molar-refractivity contribution in [3.8, 4) is 0 Å². The molecule has 6 heteroatoms. The zero-order chi connectivity index (χ0) is 18.6. The van der Waals surface area contributed by atoms with Crippen molar-refractivity contribution in [3.05, 3.63) is 12.7 Å². The normalized spacial score (nSPS) is 16.1. The second-order valence-electron chi connectivity index (χ2n) is 6.27. The highest BCUT2D eigenvalue weighted by Gasteiger charge is 2.46. The minimum Gasteiger partial charge on any atom is -0.544 e. The Labute approximate surface area is 145 Å². The van der Waals surface area contributed by atoms with E-state index in [1.54, 1.807) is 13.8 Å². The molecular formula is C18H33NO5. The minimum absolute atomic E-state index is 0.115. The number of carboxylic acids is 2. The van der Waals surface area contributed by atoms with Gasteiger partial charge < -0.3 is 24.6 Å². The molecule has 0 heterocycles. The SMILES string of the molecule is C=CCCCCCC[N+](CCO)(C(CC)C(=O)[O-])C(CC)C(=O)O. The number of hydrogen-bond donors (Lipinski definition) is 2. The third-order valence-electron chi connectivity index (χ3n) is 4.82. The van der Waals surface area contributed by atoms with Gasteiger partial charge in [-0.1, -0.05) is 26.3 Å². The van der Waals surface area contributed by atoms with Gasteiger partial charge in [0, 0.05) is 12.8 Å². The summed E-state index contributed by atoms with van der Waals surface area (Å²) in [6.07, 6.45) is 7.06. The van der Waals surface area contributed by atoms with Crippen molar-refractivity contribution in [2.24, 2.45) is 0 Å². The van der Waals surface area contributed by atoms with Crippen LogP contribution in [0.5, 0.6) is 0 Å². The van der Waals surface area contributed by atoms with Gasteiger partial charge in [0.25, 0.3) is 0 Å². The first kappa shape index (κ1) is 22.6. The molecule has 0 aliphatic rings. The summed E-state index contributed by atoms with van der Waals surface area (Å²) >= 11 is 0. The summed E-state index contributed by atoms with van der Waals surface area (Å²) in [6.45, 7) is 7.44. The van der Waals surface area contributed by atoms with Crippen LogP contribution < -0.4 is 5.11 Å². The first-order chi connectivity index (χ1) is 11.4. The van der Waals surface area contributed by atoms with Gasteiger partial charge in [-0.2, -0.15) is 0 Å². The number of aliphatic hydroxyl groups is 1. The van der Waals surface area contributed by atoms with E-state index in [1.807, 2.05) is 6.08 Å². The average molecular weight is 343 g/mol. The van der Waals surface area contributed by atoms with E-state index in [0.29, 0.717) is 13.0 Å². The maximum absolute atomic E-state index is 11.7. The van der Waals surface area contributed by atoms with E-state index in [2.05, 4.69) is 6.58 Å². The Balaban J connectivity index is 5.37. The van der Waals surface area contributed by atoms with Crippen LogP contribution in [0.15, 0.2) is 12.7 Å². The molecule has 3 unspecified atom stereocenters. The maximum atomic E-state index is 11.7. The number of unbranched alkanes of at least 4 members (excludes halogenated alkanes) is 4. The molecule has 0 rings (SSSR count). The lowest BCUT2D eigenvalue weighted by molar-refractivity contribution is -0.960. The van der Waals surface area contributed by atoms with Crippen LogP contribution in [0.3, 0.4) is 0 Å². The lowest BCUT2D eigenvalue weighted by Crippen LogP contribution is -2.69. The molecule has 0 spiro atoms.